The number of rotatable bonds is 1. The van der Waals surface area contributed by atoms with Gasteiger partial charge in [0.05, 0.1) is 6.61 Å². The van der Waals surface area contributed by atoms with Crippen LogP contribution in [0.15, 0.2) is 30.3 Å². The molecule has 0 aromatic heterocycles. The van der Waals surface area contributed by atoms with Gasteiger partial charge in [-0.3, -0.25) is 10.1 Å². The van der Waals surface area contributed by atoms with Crippen molar-refractivity contribution in [3.05, 3.63) is 35.9 Å². The predicted molar refractivity (Wildman–Crippen MR) is 64.0 cm³/mol. The van der Waals surface area contributed by atoms with Crippen LogP contribution in [0.25, 0.3) is 0 Å². The second kappa shape index (κ2) is 5.05. The lowest BCUT2D eigenvalue weighted by atomic mass is 10.2. The maximum atomic E-state index is 11.7. The Bertz CT molecular complexity index is 388. The third-order valence-corrected chi connectivity index (χ3v) is 2.66. The molecule has 1 N–H and O–H groups in total. The smallest absolute Gasteiger partial charge is 0.257 e. The van der Waals surface area contributed by atoms with Crippen LogP contribution in [0, 0.1) is 0 Å². The average molecular weight is 236 g/mol. The van der Waals surface area contributed by atoms with E-state index >= 15 is 0 Å². The zero-order chi connectivity index (χ0) is 11.4. The van der Waals surface area contributed by atoms with Crippen LogP contribution in [0.4, 0.5) is 0 Å². The van der Waals surface area contributed by atoms with Gasteiger partial charge in [-0.15, -0.1) is 0 Å². The molecule has 1 saturated heterocycles. The lowest BCUT2D eigenvalue weighted by Crippen LogP contribution is -2.41. The van der Waals surface area contributed by atoms with E-state index in [0.29, 0.717) is 24.0 Å². The summed E-state index contributed by atoms with van der Waals surface area (Å²) in [6.45, 7) is 1.84. The van der Waals surface area contributed by atoms with E-state index in [1.54, 1.807) is 12.1 Å². The number of nitrogens with zero attached hydrogens (tertiary/aromatic N) is 1. The highest BCUT2D eigenvalue weighted by molar-refractivity contribution is 7.80. The van der Waals surface area contributed by atoms with Crippen LogP contribution < -0.4 is 5.32 Å². The summed E-state index contributed by atoms with van der Waals surface area (Å²) in [5.74, 6) is -0.183. The third kappa shape index (κ3) is 2.56. The Morgan fingerprint density at radius 3 is 2.75 bits per heavy atom. The van der Waals surface area contributed by atoms with Crippen LogP contribution in [0.2, 0.25) is 0 Å². The number of hydrogen-bond acceptors (Lipinski definition) is 3. The van der Waals surface area contributed by atoms with Crippen molar-refractivity contribution in [2.45, 2.75) is 0 Å². The van der Waals surface area contributed by atoms with Gasteiger partial charge in [0, 0.05) is 12.1 Å². The van der Waals surface area contributed by atoms with Crippen LogP contribution in [0.3, 0.4) is 0 Å². The summed E-state index contributed by atoms with van der Waals surface area (Å²) in [6.07, 6.45) is 0. The molecule has 0 spiro atoms. The summed E-state index contributed by atoms with van der Waals surface area (Å²) in [5, 5.41) is 3.10. The number of amides is 1. The molecule has 1 aromatic carbocycles. The zero-order valence-corrected chi connectivity index (χ0v) is 9.50. The molecule has 2 rings (SSSR count). The summed E-state index contributed by atoms with van der Waals surface area (Å²) in [4.78, 5) is 13.6. The Morgan fingerprint density at radius 1 is 1.38 bits per heavy atom. The molecule has 1 fully saturated rings. The summed E-state index contributed by atoms with van der Waals surface area (Å²) >= 11 is 5.10. The summed E-state index contributed by atoms with van der Waals surface area (Å²) in [6, 6.07) is 8.99. The van der Waals surface area contributed by atoms with Crippen LogP contribution in [0.5, 0.6) is 0 Å². The lowest BCUT2D eigenvalue weighted by molar-refractivity contribution is 0.0971. The number of nitrogens with one attached hydrogen (secondary N) is 1. The van der Waals surface area contributed by atoms with Gasteiger partial charge in [0.1, 0.15) is 6.73 Å². The monoisotopic (exact) mass is 236 g/mol. The summed E-state index contributed by atoms with van der Waals surface area (Å²) in [7, 11) is 0. The first-order valence-corrected chi connectivity index (χ1v) is 5.41. The molecule has 16 heavy (non-hydrogen) atoms. The van der Waals surface area contributed by atoms with Crippen molar-refractivity contribution in [1.29, 1.82) is 0 Å². The minimum absolute atomic E-state index is 0.183. The second-order valence-corrected chi connectivity index (χ2v) is 3.81. The van der Waals surface area contributed by atoms with Gasteiger partial charge in [0.25, 0.3) is 5.91 Å². The maximum Gasteiger partial charge on any atom is 0.257 e. The van der Waals surface area contributed by atoms with Gasteiger partial charge < -0.3 is 9.64 Å². The molecule has 1 aliphatic heterocycles. The first-order chi connectivity index (χ1) is 7.77. The third-order valence-electron chi connectivity index (χ3n) is 2.30. The highest BCUT2D eigenvalue weighted by atomic mass is 32.1. The molecule has 0 bridgehead atoms. The van der Waals surface area contributed by atoms with Crippen molar-refractivity contribution in [1.82, 2.24) is 10.2 Å². The Morgan fingerprint density at radius 2 is 2.12 bits per heavy atom. The van der Waals surface area contributed by atoms with E-state index in [1.165, 1.54) is 0 Å². The van der Waals surface area contributed by atoms with Gasteiger partial charge >= 0.3 is 0 Å². The van der Waals surface area contributed by atoms with Crippen LogP contribution >= 0.6 is 12.2 Å². The van der Waals surface area contributed by atoms with Crippen molar-refractivity contribution in [3.8, 4) is 0 Å². The first-order valence-electron chi connectivity index (χ1n) is 5.00. The minimum Gasteiger partial charge on any atom is -0.359 e. The quantitative estimate of drug-likeness (QED) is 0.738. The maximum absolute atomic E-state index is 11.7. The fourth-order valence-corrected chi connectivity index (χ4v) is 1.65. The van der Waals surface area contributed by atoms with E-state index in [0.717, 1.165) is 6.54 Å². The predicted octanol–water partition coefficient (Wildman–Crippen LogP) is 0.991. The topological polar surface area (TPSA) is 41.6 Å². The molecule has 4 nitrogen and oxygen atoms in total. The molecule has 1 aliphatic rings. The Kier molecular flexibility index (Phi) is 3.48. The lowest BCUT2D eigenvalue weighted by Gasteiger charge is -2.16. The molecule has 1 heterocycles. The largest absolute Gasteiger partial charge is 0.359 e. The van der Waals surface area contributed by atoms with E-state index in [9.17, 15) is 4.79 Å². The van der Waals surface area contributed by atoms with Crippen molar-refractivity contribution in [2.24, 2.45) is 0 Å². The SMILES string of the molecule is O=C(NC(=S)N1CCOC1)c1ccccc1. The fourth-order valence-electron chi connectivity index (χ4n) is 1.41. The van der Waals surface area contributed by atoms with Gasteiger partial charge in [-0.2, -0.15) is 0 Å². The van der Waals surface area contributed by atoms with Crippen LogP contribution in [-0.2, 0) is 4.74 Å². The minimum atomic E-state index is -0.183. The van der Waals surface area contributed by atoms with Crippen LogP contribution in [0.1, 0.15) is 10.4 Å². The van der Waals surface area contributed by atoms with E-state index < -0.39 is 0 Å². The standard InChI is InChI=1S/C11H12N2O2S/c14-10(9-4-2-1-3-5-9)12-11(16)13-6-7-15-8-13/h1-5H,6-8H2,(H,12,14,16). The number of thiocarbonyl (C=S) groups is 1. The summed E-state index contributed by atoms with van der Waals surface area (Å²) < 4.78 is 5.15. The molecule has 1 aromatic rings. The number of ether oxygens (including phenoxy) is 1. The van der Waals surface area contributed by atoms with Crippen molar-refractivity contribution in [2.75, 3.05) is 19.9 Å². The Balaban J connectivity index is 1.94. The fraction of sp³-hybridized carbons (Fsp3) is 0.273. The number of carbonyl (C=O) groups excluding carboxylic acids is 1. The van der Waals surface area contributed by atoms with E-state index in [4.69, 9.17) is 17.0 Å². The molecule has 0 unspecified atom stereocenters. The molecule has 0 saturated carbocycles. The van der Waals surface area contributed by atoms with E-state index in [2.05, 4.69) is 5.32 Å². The van der Waals surface area contributed by atoms with Gasteiger partial charge in [0.15, 0.2) is 5.11 Å². The molecular weight excluding hydrogens is 224 g/mol. The van der Waals surface area contributed by atoms with E-state index in [1.807, 2.05) is 23.1 Å². The van der Waals surface area contributed by atoms with Crippen molar-refractivity contribution in [3.63, 3.8) is 0 Å². The second-order valence-electron chi connectivity index (χ2n) is 3.43. The van der Waals surface area contributed by atoms with Crippen molar-refractivity contribution < 1.29 is 9.53 Å². The average Bonchev–Trinajstić information content (AvgIpc) is 2.83. The number of hydrogen-bond donors (Lipinski definition) is 1. The van der Waals surface area contributed by atoms with Gasteiger partial charge in [-0.25, -0.2) is 0 Å². The number of carbonyl (C=O) groups is 1. The molecule has 0 atom stereocenters. The molecular formula is C11H12N2O2S. The van der Waals surface area contributed by atoms with Crippen molar-refractivity contribution >= 4 is 23.2 Å². The van der Waals surface area contributed by atoms with E-state index in [-0.39, 0.29) is 5.91 Å². The molecule has 0 aliphatic carbocycles. The Hall–Kier alpha value is -1.46. The normalized spacial score (nSPS) is 14.9. The number of benzene rings is 1. The highest BCUT2D eigenvalue weighted by Gasteiger charge is 2.17. The summed E-state index contributed by atoms with van der Waals surface area (Å²) in [5.41, 5.74) is 0.602. The molecule has 0 radical (unpaired) electrons. The molecule has 84 valence electrons. The zero-order valence-electron chi connectivity index (χ0n) is 8.68. The van der Waals surface area contributed by atoms with Gasteiger partial charge in [0.2, 0.25) is 0 Å². The molecule has 5 heteroatoms. The van der Waals surface area contributed by atoms with Gasteiger partial charge in [-0.1, -0.05) is 18.2 Å². The van der Waals surface area contributed by atoms with Gasteiger partial charge in [-0.05, 0) is 24.4 Å². The first kappa shape index (κ1) is 11.0. The van der Waals surface area contributed by atoms with Crippen LogP contribution in [-0.4, -0.2) is 35.8 Å². The Labute approximate surface area is 99.2 Å². The molecule has 1 amide bonds. The highest BCUT2D eigenvalue weighted by Crippen LogP contribution is 2.02.